The van der Waals surface area contributed by atoms with Gasteiger partial charge in [-0.25, -0.2) is 4.79 Å². The predicted molar refractivity (Wildman–Crippen MR) is 69.8 cm³/mol. The van der Waals surface area contributed by atoms with Crippen LogP contribution < -0.4 is 5.32 Å². The number of rotatable bonds is 6. The molecule has 0 amide bonds. The van der Waals surface area contributed by atoms with Crippen molar-refractivity contribution in [2.45, 2.75) is 39.5 Å². The summed E-state index contributed by atoms with van der Waals surface area (Å²) in [6.45, 7) is 9.82. The van der Waals surface area contributed by atoms with Crippen molar-refractivity contribution in [3.05, 3.63) is 12.2 Å². The van der Waals surface area contributed by atoms with E-state index in [2.05, 4.69) is 18.8 Å². The maximum absolute atomic E-state index is 11.3. The summed E-state index contributed by atoms with van der Waals surface area (Å²) in [4.78, 5) is 11.3. The van der Waals surface area contributed by atoms with Gasteiger partial charge in [-0.05, 0) is 38.1 Å². The average Bonchev–Trinajstić information content (AvgIpc) is 2.32. The van der Waals surface area contributed by atoms with Crippen molar-refractivity contribution in [3.63, 3.8) is 0 Å². The molecule has 1 aliphatic carbocycles. The van der Waals surface area contributed by atoms with E-state index in [1.807, 2.05) is 6.92 Å². The van der Waals surface area contributed by atoms with Gasteiger partial charge in [-0.1, -0.05) is 26.3 Å². The number of carbonyl (C=O) groups excluding carboxylic acids is 1. The highest BCUT2D eigenvalue weighted by molar-refractivity contribution is 5.88. The minimum Gasteiger partial charge on any atom is -0.463 e. The van der Waals surface area contributed by atoms with E-state index in [1.54, 1.807) is 0 Å². The van der Waals surface area contributed by atoms with Gasteiger partial charge in [-0.15, -0.1) is 0 Å². The molecule has 0 heterocycles. The topological polar surface area (TPSA) is 38.3 Å². The molecule has 0 unspecified atom stereocenters. The zero-order valence-corrected chi connectivity index (χ0v) is 11.1. The zero-order valence-electron chi connectivity index (χ0n) is 11.1. The molecule has 1 rings (SSSR count). The number of ether oxygens (including phenoxy) is 1. The summed E-state index contributed by atoms with van der Waals surface area (Å²) in [6, 6.07) is 0. The number of hydrogen-bond donors (Lipinski definition) is 1. The minimum absolute atomic E-state index is 0.280. The smallest absolute Gasteiger partial charge is 0.334 e. The first-order valence-electron chi connectivity index (χ1n) is 6.69. The molecule has 0 aromatic heterocycles. The highest BCUT2D eigenvalue weighted by atomic mass is 16.5. The summed E-state index contributed by atoms with van der Waals surface area (Å²) in [6.07, 6.45) is 5.29. The molecule has 0 saturated heterocycles. The molecule has 17 heavy (non-hydrogen) atoms. The fourth-order valence-corrected chi connectivity index (χ4v) is 2.27. The summed E-state index contributed by atoms with van der Waals surface area (Å²) >= 11 is 0. The monoisotopic (exact) mass is 239 g/mol. The Morgan fingerprint density at radius 3 is 2.59 bits per heavy atom. The van der Waals surface area contributed by atoms with Crippen molar-refractivity contribution in [2.24, 2.45) is 11.8 Å². The lowest BCUT2D eigenvalue weighted by molar-refractivity contribution is -0.138. The van der Waals surface area contributed by atoms with Crippen LogP contribution in [0.2, 0.25) is 0 Å². The Morgan fingerprint density at radius 2 is 2.00 bits per heavy atom. The highest BCUT2D eigenvalue weighted by Gasteiger charge is 2.18. The molecular weight excluding hydrogens is 214 g/mol. The fraction of sp³-hybridized carbons (Fsp3) is 0.786. The van der Waals surface area contributed by atoms with Gasteiger partial charge in [0.05, 0.1) is 6.61 Å². The van der Waals surface area contributed by atoms with Crippen molar-refractivity contribution in [3.8, 4) is 0 Å². The van der Waals surface area contributed by atoms with Crippen LogP contribution in [0.15, 0.2) is 12.2 Å². The Labute approximate surface area is 105 Å². The molecule has 0 spiro atoms. The van der Waals surface area contributed by atoms with Crippen LogP contribution in [0.25, 0.3) is 0 Å². The van der Waals surface area contributed by atoms with E-state index in [9.17, 15) is 4.79 Å². The van der Waals surface area contributed by atoms with Gasteiger partial charge < -0.3 is 10.1 Å². The SMILES string of the molecule is C=C(CNCC1CCC(C)CC1)C(=O)OCC. The van der Waals surface area contributed by atoms with Gasteiger partial charge in [-0.2, -0.15) is 0 Å². The summed E-state index contributed by atoms with van der Waals surface area (Å²) in [5.41, 5.74) is 0.524. The Morgan fingerprint density at radius 1 is 1.35 bits per heavy atom. The molecular formula is C14H25NO2. The second-order valence-corrected chi connectivity index (χ2v) is 5.08. The molecule has 0 aromatic carbocycles. The highest BCUT2D eigenvalue weighted by Crippen LogP contribution is 2.27. The van der Waals surface area contributed by atoms with Gasteiger partial charge in [-0.3, -0.25) is 0 Å². The third kappa shape index (κ3) is 5.35. The van der Waals surface area contributed by atoms with Gasteiger partial charge in [0.15, 0.2) is 0 Å². The van der Waals surface area contributed by atoms with Gasteiger partial charge in [0.1, 0.15) is 0 Å². The van der Waals surface area contributed by atoms with Gasteiger partial charge in [0.2, 0.25) is 0 Å². The standard InChI is InChI=1S/C14H25NO2/c1-4-17-14(16)12(3)9-15-10-13-7-5-11(2)6-8-13/h11,13,15H,3-10H2,1-2H3. The number of esters is 1. The third-order valence-electron chi connectivity index (χ3n) is 3.47. The summed E-state index contributed by atoms with van der Waals surface area (Å²) in [7, 11) is 0. The third-order valence-corrected chi connectivity index (χ3v) is 3.47. The summed E-state index contributed by atoms with van der Waals surface area (Å²) in [5, 5.41) is 3.31. The molecule has 0 aromatic rings. The predicted octanol–water partition coefficient (Wildman–Crippen LogP) is 2.52. The second kappa shape index (κ2) is 7.49. The molecule has 0 atom stereocenters. The molecule has 3 nitrogen and oxygen atoms in total. The molecule has 0 bridgehead atoms. The van der Waals surface area contributed by atoms with Crippen LogP contribution >= 0.6 is 0 Å². The maximum Gasteiger partial charge on any atom is 0.334 e. The molecule has 0 radical (unpaired) electrons. The molecule has 1 fully saturated rings. The van der Waals surface area contributed by atoms with E-state index in [-0.39, 0.29) is 5.97 Å². The lowest BCUT2D eigenvalue weighted by Gasteiger charge is -2.26. The second-order valence-electron chi connectivity index (χ2n) is 5.08. The van der Waals surface area contributed by atoms with E-state index < -0.39 is 0 Å². The zero-order chi connectivity index (χ0) is 12.7. The van der Waals surface area contributed by atoms with Crippen molar-refractivity contribution in [1.82, 2.24) is 5.32 Å². The van der Waals surface area contributed by atoms with Crippen LogP contribution in [0.5, 0.6) is 0 Å². The average molecular weight is 239 g/mol. The van der Waals surface area contributed by atoms with Crippen molar-refractivity contribution in [1.29, 1.82) is 0 Å². The van der Waals surface area contributed by atoms with Crippen molar-refractivity contribution in [2.75, 3.05) is 19.7 Å². The molecule has 3 heteroatoms. The Hall–Kier alpha value is -0.830. The van der Waals surface area contributed by atoms with Gasteiger partial charge in [0.25, 0.3) is 0 Å². The van der Waals surface area contributed by atoms with E-state index in [4.69, 9.17) is 4.74 Å². The first-order valence-corrected chi connectivity index (χ1v) is 6.69. The van der Waals surface area contributed by atoms with E-state index >= 15 is 0 Å². The van der Waals surface area contributed by atoms with Crippen LogP contribution in [-0.4, -0.2) is 25.7 Å². The quantitative estimate of drug-likeness (QED) is 0.572. The fourth-order valence-electron chi connectivity index (χ4n) is 2.27. The number of carbonyl (C=O) groups is 1. The van der Waals surface area contributed by atoms with Gasteiger partial charge >= 0.3 is 5.97 Å². The summed E-state index contributed by atoms with van der Waals surface area (Å²) < 4.78 is 4.88. The molecule has 1 N–H and O–H groups in total. The molecule has 0 aliphatic heterocycles. The van der Waals surface area contributed by atoms with Crippen LogP contribution in [-0.2, 0) is 9.53 Å². The Balaban J connectivity index is 2.11. The maximum atomic E-state index is 11.3. The van der Waals surface area contributed by atoms with Crippen molar-refractivity contribution >= 4 is 5.97 Å². The first kappa shape index (κ1) is 14.2. The Bertz CT molecular complexity index is 255. The van der Waals surface area contributed by atoms with Gasteiger partial charge in [0, 0.05) is 12.1 Å². The Kier molecular flexibility index (Phi) is 6.27. The normalized spacial score (nSPS) is 24.4. The molecule has 1 saturated carbocycles. The first-order chi connectivity index (χ1) is 8.13. The molecule has 98 valence electrons. The summed E-state index contributed by atoms with van der Waals surface area (Å²) in [5.74, 6) is 1.37. The van der Waals surface area contributed by atoms with Crippen LogP contribution in [0.1, 0.15) is 39.5 Å². The number of hydrogen-bond acceptors (Lipinski definition) is 3. The minimum atomic E-state index is -0.280. The van der Waals surface area contributed by atoms with E-state index in [0.717, 1.165) is 18.4 Å². The molecule has 1 aliphatic rings. The van der Waals surface area contributed by atoms with Crippen molar-refractivity contribution < 1.29 is 9.53 Å². The lowest BCUT2D eigenvalue weighted by Crippen LogP contribution is -2.29. The lowest BCUT2D eigenvalue weighted by atomic mass is 9.83. The van der Waals surface area contributed by atoms with Crippen LogP contribution in [0.4, 0.5) is 0 Å². The van der Waals surface area contributed by atoms with E-state index in [0.29, 0.717) is 18.7 Å². The van der Waals surface area contributed by atoms with Crippen LogP contribution in [0.3, 0.4) is 0 Å². The largest absolute Gasteiger partial charge is 0.463 e. The number of nitrogens with one attached hydrogen (secondary N) is 1. The van der Waals surface area contributed by atoms with Crippen LogP contribution in [0, 0.1) is 11.8 Å². The van der Waals surface area contributed by atoms with E-state index in [1.165, 1.54) is 25.7 Å².